The summed E-state index contributed by atoms with van der Waals surface area (Å²) in [6.07, 6.45) is 21.9. The Morgan fingerprint density at radius 3 is 2.85 bits per heavy atom. The first-order valence-corrected chi connectivity index (χ1v) is 8.05. The maximum atomic E-state index is 3.27. The Balaban J connectivity index is 1.53. The van der Waals surface area contributed by atoms with Crippen LogP contribution in [0.2, 0.25) is 0 Å². The van der Waals surface area contributed by atoms with Gasteiger partial charge in [-0.15, -0.1) is 5.73 Å². The van der Waals surface area contributed by atoms with Crippen molar-refractivity contribution >= 4 is 0 Å². The molecule has 1 aromatic rings. The van der Waals surface area contributed by atoms with Crippen LogP contribution < -0.4 is 4.57 Å². The van der Waals surface area contributed by atoms with Gasteiger partial charge in [-0.2, -0.15) is 0 Å². The summed E-state index contributed by atoms with van der Waals surface area (Å²) in [5, 5.41) is 0. The Labute approximate surface area is 123 Å². The fraction of sp³-hybridized carbons (Fsp3) is 0.556. The molecule has 0 aliphatic heterocycles. The fourth-order valence-electron chi connectivity index (χ4n) is 2.53. The lowest BCUT2D eigenvalue weighted by molar-refractivity contribution is -0.696. The van der Waals surface area contributed by atoms with Gasteiger partial charge in [-0.25, -0.2) is 9.13 Å². The molecule has 1 aromatic heterocycles. The number of aryl methyl sites for hydroxylation is 2. The summed E-state index contributed by atoms with van der Waals surface area (Å²) in [7, 11) is 0. The highest BCUT2D eigenvalue weighted by atomic mass is 15.1. The average molecular weight is 271 g/mol. The average Bonchev–Trinajstić information content (AvgIpc) is 3.12. The van der Waals surface area contributed by atoms with Gasteiger partial charge in [-0.1, -0.05) is 31.9 Å². The first-order valence-electron chi connectivity index (χ1n) is 8.05. The SMILES string of the molecule is CCCCn1cc[n+](CCCCCCC2=C=CC=C2)c1. The smallest absolute Gasteiger partial charge is 0.237 e. The molecule has 0 saturated heterocycles. The third kappa shape index (κ3) is 5.22. The molecule has 20 heavy (non-hydrogen) atoms. The third-order valence-corrected chi connectivity index (χ3v) is 3.79. The molecule has 0 radical (unpaired) electrons. The van der Waals surface area contributed by atoms with E-state index in [4.69, 9.17) is 0 Å². The lowest BCUT2D eigenvalue weighted by Crippen LogP contribution is -2.30. The van der Waals surface area contributed by atoms with E-state index in [-0.39, 0.29) is 0 Å². The van der Waals surface area contributed by atoms with Crippen molar-refractivity contribution < 1.29 is 4.57 Å². The monoisotopic (exact) mass is 271 g/mol. The minimum Gasteiger partial charge on any atom is -0.237 e. The highest BCUT2D eigenvalue weighted by Crippen LogP contribution is 2.12. The summed E-state index contributed by atoms with van der Waals surface area (Å²) in [5.41, 5.74) is 4.63. The van der Waals surface area contributed by atoms with Crippen LogP contribution in [0.5, 0.6) is 0 Å². The largest absolute Gasteiger partial charge is 0.243 e. The topological polar surface area (TPSA) is 8.81 Å². The zero-order valence-electron chi connectivity index (χ0n) is 12.7. The highest BCUT2D eigenvalue weighted by Gasteiger charge is 2.02. The second kappa shape index (κ2) is 8.60. The number of imidazole rings is 1. The first kappa shape index (κ1) is 14.9. The van der Waals surface area contributed by atoms with Gasteiger partial charge in [0.15, 0.2) is 0 Å². The number of rotatable bonds is 10. The first-order chi connectivity index (χ1) is 9.88. The molecule has 108 valence electrons. The van der Waals surface area contributed by atoms with Crippen LogP contribution in [0.3, 0.4) is 0 Å². The van der Waals surface area contributed by atoms with Crippen LogP contribution in [0.4, 0.5) is 0 Å². The second-order valence-electron chi connectivity index (χ2n) is 5.60. The molecule has 2 nitrogen and oxygen atoms in total. The number of nitrogens with zero attached hydrogens (tertiary/aromatic N) is 2. The summed E-state index contributed by atoms with van der Waals surface area (Å²) in [6, 6.07) is 0. The summed E-state index contributed by atoms with van der Waals surface area (Å²) in [6.45, 7) is 4.55. The molecule has 0 bridgehead atoms. The van der Waals surface area contributed by atoms with Gasteiger partial charge in [0.2, 0.25) is 6.33 Å². The molecule has 1 heterocycles. The van der Waals surface area contributed by atoms with Gasteiger partial charge in [0.25, 0.3) is 0 Å². The van der Waals surface area contributed by atoms with Crippen LogP contribution in [0.15, 0.2) is 48.3 Å². The van der Waals surface area contributed by atoms with Gasteiger partial charge in [-0.3, -0.25) is 0 Å². The Morgan fingerprint density at radius 1 is 1.15 bits per heavy atom. The van der Waals surface area contributed by atoms with E-state index in [2.05, 4.69) is 52.7 Å². The molecule has 1 aliphatic rings. The van der Waals surface area contributed by atoms with E-state index in [0.29, 0.717) is 0 Å². The Hall–Kier alpha value is -1.53. The third-order valence-electron chi connectivity index (χ3n) is 3.79. The van der Waals surface area contributed by atoms with Crippen LogP contribution in [0, 0.1) is 0 Å². The summed E-state index contributed by atoms with van der Waals surface area (Å²) in [5.74, 6) is 0. The Morgan fingerprint density at radius 2 is 2.05 bits per heavy atom. The maximum absolute atomic E-state index is 3.27. The summed E-state index contributed by atoms with van der Waals surface area (Å²) in [4.78, 5) is 0. The van der Waals surface area contributed by atoms with E-state index in [9.17, 15) is 0 Å². The normalized spacial score (nSPS) is 13.2. The van der Waals surface area contributed by atoms with E-state index in [1.807, 2.05) is 6.08 Å². The van der Waals surface area contributed by atoms with Gasteiger partial charge >= 0.3 is 0 Å². The molecule has 0 N–H and O–H groups in total. The lowest BCUT2D eigenvalue weighted by Gasteiger charge is -2.00. The zero-order chi connectivity index (χ0) is 14.0. The van der Waals surface area contributed by atoms with Gasteiger partial charge in [0, 0.05) is 0 Å². The molecular formula is C18H27N2+. The fourth-order valence-corrected chi connectivity index (χ4v) is 2.53. The minimum absolute atomic E-state index is 1.15. The van der Waals surface area contributed by atoms with E-state index in [0.717, 1.165) is 13.1 Å². The van der Waals surface area contributed by atoms with Gasteiger partial charge in [-0.05, 0) is 43.8 Å². The zero-order valence-corrected chi connectivity index (χ0v) is 12.7. The molecule has 0 spiro atoms. The number of unbranched alkanes of at least 4 members (excludes halogenated alkanes) is 4. The van der Waals surface area contributed by atoms with Crippen molar-refractivity contribution in [3.05, 3.63) is 48.3 Å². The summed E-state index contributed by atoms with van der Waals surface area (Å²) >= 11 is 0. The highest BCUT2D eigenvalue weighted by molar-refractivity contribution is 5.28. The quantitative estimate of drug-likeness (QED) is 0.343. The number of hydrogen-bond donors (Lipinski definition) is 0. The predicted molar refractivity (Wildman–Crippen MR) is 83.4 cm³/mol. The van der Waals surface area contributed by atoms with Crippen molar-refractivity contribution in [2.45, 2.75) is 65.0 Å². The maximum Gasteiger partial charge on any atom is 0.243 e. The van der Waals surface area contributed by atoms with Crippen LogP contribution in [-0.4, -0.2) is 4.57 Å². The number of aromatic nitrogens is 2. The van der Waals surface area contributed by atoms with Crippen molar-refractivity contribution in [2.75, 3.05) is 0 Å². The molecule has 0 fully saturated rings. The molecule has 0 atom stereocenters. The molecule has 0 amide bonds. The van der Waals surface area contributed by atoms with Crippen LogP contribution in [-0.2, 0) is 13.1 Å². The molecule has 0 saturated carbocycles. The van der Waals surface area contributed by atoms with Gasteiger partial charge in [0.1, 0.15) is 12.4 Å². The molecule has 2 heteroatoms. The summed E-state index contributed by atoms with van der Waals surface area (Å²) < 4.78 is 4.62. The van der Waals surface area contributed by atoms with Crippen molar-refractivity contribution in [1.29, 1.82) is 0 Å². The van der Waals surface area contributed by atoms with Crippen LogP contribution >= 0.6 is 0 Å². The standard InChI is InChI=1S/C18H27N2/c1-2-3-13-19-15-16-20(17-19)14-9-5-4-6-10-18-11-7-8-12-18/h7-8,11,15-17H,2-6,9-10,13-14H2,1H3/q+1. The minimum atomic E-state index is 1.15. The van der Waals surface area contributed by atoms with E-state index >= 15 is 0 Å². The van der Waals surface area contributed by atoms with Crippen molar-refractivity contribution in [3.8, 4) is 0 Å². The number of hydrogen-bond acceptors (Lipinski definition) is 0. The second-order valence-corrected chi connectivity index (χ2v) is 5.60. The molecule has 0 aromatic carbocycles. The van der Waals surface area contributed by atoms with Crippen LogP contribution in [0.25, 0.3) is 0 Å². The molecular weight excluding hydrogens is 244 g/mol. The Kier molecular flexibility index (Phi) is 6.40. The van der Waals surface area contributed by atoms with Crippen molar-refractivity contribution in [2.24, 2.45) is 0 Å². The molecule has 1 aliphatic carbocycles. The van der Waals surface area contributed by atoms with E-state index in [1.54, 1.807) is 0 Å². The molecule has 2 rings (SSSR count). The lowest BCUT2D eigenvalue weighted by atomic mass is 10.1. The number of allylic oxidation sites excluding steroid dienone is 3. The van der Waals surface area contributed by atoms with Crippen molar-refractivity contribution in [3.63, 3.8) is 0 Å². The van der Waals surface area contributed by atoms with E-state index in [1.165, 1.54) is 50.5 Å². The van der Waals surface area contributed by atoms with Crippen molar-refractivity contribution in [1.82, 2.24) is 4.57 Å². The molecule has 0 unspecified atom stereocenters. The van der Waals surface area contributed by atoms with Crippen LogP contribution in [0.1, 0.15) is 51.9 Å². The van der Waals surface area contributed by atoms with E-state index < -0.39 is 0 Å². The van der Waals surface area contributed by atoms with Gasteiger partial charge < -0.3 is 0 Å². The Bertz CT molecular complexity index is 487. The predicted octanol–water partition coefficient (Wildman–Crippen LogP) is 4.18. The van der Waals surface area contributed by atoms with Gasteiger partial charge in [0.05, 0.1) is 13.1 Å².